The highest BCUT2D eigenvalue weighted by molar-refractivity contribution is 5.73. The van der Waals surface area contributed by atoms with E-state index in [1.807, 2.05) is 19.0 Å². The second kappa shape index (κ2) is 44.5. The number of amides is 1. The zero-order chi connectivity index (χ0) is 53.0. The molecule has 418 valence electrons. The number of likely N-dealkylation sites (N-methyl/N-ethyl adjacent to an activating group) is 1. The van der Waals surface area contributed by atoms with Gasteiger partial charge in [-0.05, 0) is 46.2 Å². The summed E-state index contributed by atoms with van der Waals surface area (Å²) in [5.41, 5.74) is 0. The van der Waals surface area contributed by atoms with Crippen LogP contribution in [0.25, 0.3) is 0 Å². The molecule has 2 atom stereocenters. The van der Waals surface area contributed by atoms with E-state index in [-0.39, 0.29) is 109 Å². The third-order valence-corrected chi connectivity index (χ3v) is 12.9. The molecule has 72 heavy (non-hydrogen) atoms. The zero-order valence-electron chi connectivity index (χ0n) is 46.0. The molecule has 0 radical (unpaired) electrons. The van der Waals surface area contributed by atoms with Crippen LogP contribution in [0.15, 0.2) is 0 Å². The fraction of sp³-hybridized carbons (Fsp3) is 0.875. The lowest BCUT2D eigenvalue weighted by Crippen LogP contribution is -2.62. The fourth-order valence-electron chi connectivity index (χ4n) is 8.32. The predicted octanol–water partition coefficient (Wildman–Crippen LogP) is 11.4. The van der Waals surface area contributed by atoms with Crippen LogP contribution in [0, 0.1) is 11.8 Å². The van der Waals surface area contributed by atoms with Crippen LogP contribution in [0.5, 0.6) is 0 Å². The summed E-state index contributed by atoms with van der Waals surface area (Å²) >= 11 is 0. The van der Waals surface area contributed by atoms with Crippen molar-refractivity contribution >= 4 is 41.9 Å². The molecule has 0 aromatic heterocycles. The highest BCUT2D eigenvalue weighted by atomic mass is 16.6. The lowest BCUT2D eigenvalue weighted by Gasteiger charge is -2.46. The number of carbonyl (C=O) groups excluding carboxylic acids is 7. The normalized spacial score (nSPS) is 14.3. The van der Waals surface area contributed by atoms with Gasteiger partial charge in [0.1, 0.15) is 19.8 Å². The minimum Gasteiger partial charge on any atom is -0.465 e. The number of esters is 6. The standard InChI is InChI=1S/C56H100N2O14/c1-7-11-15-19-23-27-31-50(59)67-40-46(41-68-51(60)32-28-24-20-16-12-8-2)37-54(63)71-44-48-39-49(58(48)56(65)66-36-35-57(5)6)45-72-55(64)38-47(42-69-52(61)33-29-25-21-17-13-9-3)43-70-53(62)34-30-26-22-18-14-10-4/h46-49H,7-45H2,1-6H3/t48-,49-/m1/s1. The van der Waals surface area contributed by atoms with Gasteiger partial charge in [0.15, 0.2) is 0 Å². The van der Waals surface area contributed by atoms with Crippen LogP contribution in [-0.2, 0) is 61.9 Å². The fourth-order valence-corrected chi connectivity index (χ4v) is 8.32. The average molecular weight is 1030 g/mol. The molecule has 1 rings (SSSR count). The molecule has 0 bridgehead atoms. The third-order valence-electron chi connectivity index (χ3n) is 12.9. The minimum atomic E-state index is -0.648. The first-order valence-electron chi connectivity index (χ1n) is 28.4. The Balaban J connectivity index is 2.92. The maximum atomic E-state index is 13.4. The van der Waals surface area contributed by atoms with Crippen LogP contribution in [0.4, 0.5) is 4.79 Å². The molecule has 1 aliphatic heterocycles. The molecule has 0 spiro atoms. The molecule has 1 aliphatic rings. The van der Waals surface area contributed by atoms with Crippen LogP contribution in [0.3, 0.4) is 0 Å². The summed E-state index contributed by atoms with van der Waals surface area (Å²) in [6, 6.07) is -1.14. The Morgan fingerprint density at radius 2 is 0.694 bits per heavy atom. The summed E-state index contributed by atoms with van der Waals surface area (Å²) in [5, 5.41) is 0. The summed E-state index contributed by atoms with van der Waals surface area (Å²) < 4.78 is 39.1. The van der Waals surface area contributed by atoms with Crippen LogP contribution < -0.4 is 0 Å². The average Bonchev–Trinajstić information content (AvgIpc) is 3.34. The molecule has 1 heterocycles. The first kappa shape index (κ1) is 66.1. The highest BCUT2D eigenvalue weighted by Crippen LogP contribution is 2.28. The van der Waals surface area contributed by atoms with E-state index in [0.29, 0.717) is 38.6 Å². The number of nitrogens with zero attached hydrogens (tertiary/aromatic N) is 2. The van der Waals surface area contributed by atoms with E-state index in [1.54, 1.807) is 0 Å². The molecule has 1 amide bonds. The molecule has 16 nitrogen and oxygen atoms in total. The third kappa shape index (κ3) is 36.1. The Labute approximate surface area is 434 Å². The summed E-state index contributed by atoms with van der Waals surface area (Å²) in [4.78, 5) is 93.9. The van der Waals surface area contributed by atoms with Crippen LogP contribution in [0.2, 0.25) is 0 Å². The van der Waals surface area contributed by atoms with Gasteiger partial charge in [-0.3, -0.25) is 33.7 Å². The number of hydrogen-bond donors (Lipinski definition) is 0. The SMILES string of the molecule is CCCCCCCCC(=O)OCC(COC(=O)CCCCCCCC)CC(=O)OC[C@H]1C[C@H](COC(=O)CC(COC(=O)CCCCCCCC)COC(=O)CCCCCCCC)N1C(=O)OCCN(C)C. The van der Waals surface area contributed by atoms with Gasteiger partial charge in [0.25, 0.3) is 0 Å². The van der Waals surface area contributed by atoms with E-state index >= 15 is 0 Å². The van der Waals surface area contributed by atoms with Crippen LogP contribution in [0.1, 0.15) is 227 Å². The first-order valence-corrected chi connectivity index (χ1v) is 28.4. The van der Waals surface area contributed by atoms with E-state index in [1.165, 1.54) is 30.6 Å². The first-order chi connectivity index (χ1) is 34.8. The van der Waals surface area contributed by atoms with Crippen molar-refractivity contribution in [2.75, 3.05) is 66.9 Å². The lowest BCUT2D eigenvalue weighted by molar-refractivity contribution is -0.159. The number of rotatable bonds is 47. The Kier molecular flexibility index (Phi) is 40.9. The van der Waals surface area contributed by atoms with Gasteiger partial charge in [0, 0.05) is 44.1 Å². The second-order valence-electron chi connectivity index (χ2n) is 20.2. The van der Waals surface area contributed by atoms with Crippen LogP contribution in [-0.4, -0.2) is 131 Å². The van der Waals surface area contributed by atoms with Crippen molar-refractivity contribution in [3.05, 3.63) is 0 Å². The quantitative estimate of drug-likeness (QED) is 0.0317. The highest BCUT2D eigenvalue weighted by Gasteiger charge is 2.44. The second-order valence-corrected chi connectivity index (χ2v) is 20.2. The van der Waals surface area contributed by atoms with E-state index < -0.39 is 42.0 Å². The summed E-state index contributed by atoms with van der Waals surface area (Å²) in [7, 11) is 3.70. The molecule has 16 heteroatoms. The molecule has 0 aliphatic carbocycles. The van der Waals surface area contributed by atoms with E-state index in [2.05, 4.69) is 27.7 Å². The van der Waals surface area contributed by atoms with Gasteiger partial charge in [0.2, 0.25) is 0 Å². The maximum Gasteiger partial charge on any atom is 0.410 e. The molecular formula is C56H100N2O14. The molecule has 1 fully saturated rings. The molecule has 0 N–H and O–H groups in total. The number of hydrogen-bond acceptors (Lipinski definition) is 15. The minimum absolute atomic E-state index is 0.106. The van der Waals surface area contributed by atoms with E-state index in [4.69, 9.17) is 33.2 Å². The number of unbranched alkanes of at least 4 members (excludes halogenated alkanes) is 20. The Morgan fingerprint density at radius 1 is 0.403 bits per heavy atom. The van der Waals surface area contributed by atoms with Crippen molar-refractivity contribution < 1.29 is 66.7 Å². The molecule has 0 saturated carbocycles. The predicted molar refractivity (Wildman–Crippen MR) is 278 cm³/mol. The van der Waals surface area contributed by atoms with Crippen molar-refractivity contribution in [3.8, 4) is 0 Å². The molecule has 1 saturated heterocycles. The summed E-state index contributed by atoms with van der Waals surface area (Å²) in [6.07, 6.45) is 25.0. The molecule has 0 aromatic carbocycles. The van der Waals surface area contributed by atoms with Crippen molar-refractivity contribution in [2.24, 2.45) is 11.8 Å². The van der Waals surface area contributed by atoms with E-state index in [0.717, 1.165) is 103 Å². The van der Waals surface area contributed by atoms with Gasteiger partial charge in [0.05, 0.1) is 51.4 Å². The van der Waals surface area contributed by atoms with Crippen molar-refractivity contribution in [2.45, 2.75) is 239 Å². The summed E-state index contributed by atoms with van der Waals surface area (Å²) in [6.45, 7) is 8.42. The van der Waals surface area contributed by atoms with Crippen LogP contribution >= 0.6 is 0 Å². The summed E-state index contributed by atoms with van der Waals surface area (Å²) in [5.74, 6) is -3.95. The van der Waals surface area contributed by atoms with E-state index in [9.17, 15) is 33.6 Å². The maximum absolute atomic E-state index is 13.4. The van der Waals surface area contributed by atoms with Gasteiger partial charge in [-0.1, -0.05) is 156 Å². The van der Waals surface area contributed by atoms with Crippen molar-refractivity contribution in [1.82, 2.24) is 9.80 Å². The molecule has 0 aromatic rings. The lowest BCUT2D eigenvalue weighted by atomic mass is 9.94. The number of likely N-dealkylation sites (tertiary alicyclic amines) is 1. The Hall–Kier alpha value is -3.95. The van der Waals surface area contributed by atoms with Gasteiger partial charge < -0.3 is 38.1 Å². The van der Waals surface area contributed by atoms with Gasteiger partial charge in [-0.2, -0.15) is 0 Å². The smallest absolute Gasteiger partial charge is 0.410 e. The topological polar surface area (TPSA) is 191 Å². The zero-order valence-corrected chi connectivity index (χ0v) is 46.0. The Bertz CT molecular complexity index is 1300. The van der Waals surface area contributed by atoms with Gasteiger partial charge >= 0.3 is 41.9 Å². The molecular weight excluding hydrogens is 925 g/mol. The number of carbonyl (C=O) groups is 7. The van der Waals surface area contributed by atoms with Gasteiger partial charge in [-0.15, -0.1) is 0 Å². The van der Waals surface area contributed by atoms with Gasteiger partial charge in [-0.25, -0.2) is 4.79 Å². The van der Waals surface area contributed by atoms with Crippen molar-refractivity contribution in [1.29, 1.82) is 0 Å². The Morgan fingerprint density at radius 3 is 0.986 bits per heavy atom. The largest absolute Gasteiger partial charge is 0.465 e. The monoisotopic (exact) mass is 1020 g/mol. The number of ether oxygens (including phenoxy) is 7. The molecule has 0 unspecified atom stereocenters. The van der Waals surface area contributed by atoms with Crippen molar-refractivity contribution in [3.63, 3.8) is 0 Å².